The Labute approximate surface area is 55.2 Å². The molecule has 0 amide bonds. The van der Waals surface area contributed by atoms with Crippen molar-refractivity contribution in [2.45, 2.75) is 12.8 Å². The molecule has 0 radical (unpaired) electrons. The van der Waals surface area contributed by atoms with Crippen LogP contribution in [-0.2, 0) is 9.09 Å². The molecule has 9 heavy (non-hydrogen) atoms. The van der Waals surface area contributed by atoms with E-state index in [1.54, 1.807) is 6.92 Å². The normalized spacial score (nSPS) is 25.0. The fraction of sp³-hybridized carbons (Fsp3) is 1.00. The molecule has 52 valence electrons. The molecule has 1 aliphatic rings. The zero-order valence-electron chi connectivity index (χ0n) is 5.18. The quantitative estimate of drug-likeness (QED) is 0.544. The Balaban J connectivity index is 2.40. The van der Waals surface area contributed by atoms with Crippen LogP contribution < -0.4 is 10.6 Å². The van der Waals surface area contributed by atoms with Crippen LogP contribution in [0, 0.1) is 0 Å². The predicted molar refractivity (Wildman–Crippen MR) is 33.1 cm³/mol. The van der Waals surface area contributed by atoms with Gasteiger partial charge in [-0.25, -0.2) is 4.57 Å². The van der Waals surface area contributed by atoms with Crippen LogP contribution in [0.3, 0.4) is 0 Å². The first-order valence-corrected chi connectivity index (χ1v) is 3.51. The Kier molecular flexibility index (Phi) is 2.13. The molecule has 2 N–H and O–H groups in total. The summed E-state index contributed by atoms with van der Waals surface area (Å²) < 4.78 is 14.7. The molecule has 1 rings (SSSR count). The van der Waals surface area contributed by atoms with Crippen LogP contribution in [0.4, 0.5) is 0 Å². The number of rotatable bonds is 2. The van der Waals surface area contributed by atoms with E-state index in [2.05, 4.69) is 10.6 Å². The van der Waals surface area contributed by atoms with E-state index in [-0.39, 0.29) is 8.69 Å². The molecule has 0 saturated carbocycles. The van der Waals surface area contributed by atoms with Crippen LogP contribution in [-0.4, -0.2) is 18.9 Å². The monoisotopic (exact) mass is 148 g/mol. The van der Waals surface area contributed by atoms with Gasteiger partial charge >= 0.3 is 8.69 Å². The molecule has 0 atom stereocenters. The minimum absolute atomic E-state index is 0.295. The second kappa shape index (κ2) is 2.71. The average Bonchev–Trinajstić information content (AvgIpc) is 2.16. The summed E-state index contributed by atoms with van der Waals surface area (Å²) in [6.45, 7) is 3.50. The molecule has 0 aliphatic carbocycles. The molecular weight excluding hydrogens is 139 g/mol. The second-order valence-electron chi connectivity index (χ2n) is 2.05. The first-order chi connectivity index (χ1) is 4.27. The lowest BCUT2D eigenvalue weighted by Crippen LogP contribution is -2.46. The number of hydrogen-bond donors (Lipinski definition) is 2. The van der Waals surface area contributed by atoms with Gasteiger partial charge in [0.2, 0.25) is 0 Å². The van der Waals surface area contributed by atoms with Gasteiger partial charge in [0.25, 0.3) is 0 Å². The highest BCUT2D eigenvalue weighted by Crippen LogP contribution is 2.11. The highest BCUT2D eigenvalue weighted by atomic mass is 31.1. The van der Waals surface area contributed by atoms with Crippen LogP contribution in [0.25, 0.3) is 0 Å². The van der Waals surface area contributed by atoms with E-state index in [4.69, 9.17) is 4.52 Å². The summed E-state index contributed by atoms with van der Waals surface area (Å²) in [5.74, 6) is -0.580. The van der Waals surface area contributed by atoms with E-state index in [0.717, 1.165) is 13.1 Å². The van der Waals surface area contributed by atoms with Crippen molar-refractivity contribution < 1.29 is 9.09 Å². The van der Waals surface area contributed by atoms with Crippen molar-refractivity contribution in [3.63, 3.8) is 0 Å². The summed E-state index contributed by atoms with van der Waals surface area (Å²) >= 11 is 0. The van der Waals surface area contributed by atoms with E-state index in [1.165, 1.54) is 0 Å². The summed E-state index contributed by atoms with van der Waals surface area (Å²) in [4.78, 5) is 0. The maximum Gasteiger partial charge on any atom is 0.330 e. The van der Waals surface area contributed by atoms with Crippen molar-refractivity contribution in [2.75, 3.05) is 13.1 Å². The van der Waals surface area contributed by atoms with Crippen LogP contribution in [0.15, 0.2) is 0 Å². The van der Waals surface area contributed by atoms with Gasteiger partial charge in [0, 0.05) is 13.1 Å². The maximum absolute atomic E-state index is 9.96. The molecule has 1 fully saturated rings. The van der Waals surface area contributed by atoms with Gasteiger partial charge in [0.15, 0.2) is 5.85 Å². The Hall–Kier alpha value is -0.0200. The fourth-order valence-electron chi connectivity index (χ4n) is 0.804. The maximum atomic E-state index is 9.96. The lowest BCUT2D eigenvalue weighted by Gasteiger charge is -2.19. The van der Waals surface area contributed by atoms with E-state index in [9.17, 15) is 4.57 Å². The van der Waals surface area contributed by atoms with Crippen molar-refractivity contribution >= 4 is 8.69 Å². The Morgan fingerprint density at radius 3 is 2.56 bits per heavy atom. The molecule has 0 aromatic heterocycles. The van der Waals surface area contributed by atoms with E-state index in [0.29, 0.717) is 0 Å². The summed E-state index contributed by atoms with van der Waals surface area (Å²) in [7, 11) is -0.295. The smallest absolute Gasteiger partial charge is 0.275 e. The van der Waals surface area contributed by atoms with Gasteiger partial charge in [-0.05, 0) is 6.92 Å². The fourth-order valence-corrected chi connectivity index (χ4v) is 1.08. The van der Waals surface area contributed by atoms with Crippen molar-refractivity contribution in [1.29, 1.82) is 0 Å². The number of hydrogen-bond acceptors (Lipinski definition) is 4. The van der Waals surface area contributed by atoms with Gasteiger partial charge in [-0.2, -0.15) is 0 Å². The molecular formula is C4H9N2O2P. The first kappa shape index (κ1) is 7.09. The van der Waals surface area contributed by atoms with Crippen LogP contribution in [0.2, 0.25) is 0 Å². The molecule has 1 heterocycles. The number of nitrogens with one attached hydrogen (secondary N) is 2. The second-order valence-corrected chi connectivity index (χ2v) is 2.38. The summed E-state index contributed by atoms with van der Waals surface area (Å²) in [5.41, 5.74) is 0. The molecule has 5 heteroatoms. The van der Waals surface area contributed by atoms with Crippen LogP contribution in [0.1, 0.15) is 6.92 Å². The highest BCUT2D eigenvalue weighted by Gasteiger charge is 2.28. The Morgan fingerprint density at radius 2 is 2.11 bits per heavy atom. The van der Waals surface area contributed by atoms with Crippen LogP contribution >= 0.6 is 8.69 Å². The minimum atomic E-state index is -0.580. The standard InChI is InChI=1S/C4H9N2O2P/c1-4(8-9-7)5-2-3-6-4/h5-6H,2-3H2,1H3. The van der Waals surface area contributed by atoms with E-state index in [1.807, 2.05) is 0 Å². The highest BCUT2D eigenvalue weighted by molar-refractivity contribution is 7.17. The molecule has 0 unspecified atom stereocenters. The summed E-state index contributed by atoms with van der Waals surface area (Å²) in [6, 6.07) is 0. The third kappa shape index (κ3) is 1.69. The van der Waals surface area contributed by atoms with Gasteiger partial charge in [0.05, 0.1) is 0 Å². The van der Waals surface area contributed by atoms with E-state index < -0.39 is 5.85 Å². The molecule has 1 saturated heterocycles. The van der Waals surface area contributed by atoms with E-state index >= 15 is 0 Å². The Bertz CT molecular complexity index is 113. The van der Waals surface area contributed by atoms with Gasteiger partial charge in [-0.15, -0.1) is 0 Å². The van der Waals surface area contributed by atoms with Crippen molar-refractivity contribution in [2.24, 2.45) is 0 Å². The summed E-state index contributed by atoms with van der Waals surface area (Å²) in [5, 5.41) is 5.99. The SMILES string of the molecule is CC1(OP=O)NCCN1. The van der Waals surface area contributed by atoms with Crippen molar-refractivity contribution in [3.8, 4) is 0 Å². The third-order valence-electron chi connectivity index (χ3n) is 1.27. The van der Waals surface area contributed by atoms with Gasteiger partial charge in [0.1, 0.15) is 0 Å². The Morgan fingerprint density at radius 1 is 1.56 bits per heavy atom. The molecule has 0 aromatic carbocycles. The molecule has 1 aliphatic heterocycles. The summed E-state index contributed by atoms with van der Waals surface area (Å²) in [6.07, 6.45) is 0. The van der Waals surface area contributed by atoms with Gasteiger partial charge in [-0.1, -0.05) is 0 Å². The van der Waals surface area contributed by atoms with Gasteiger partial charge in [-0.3, -0.25) is 15.2 Å². The van der Waals surface area contributed by atoms with Crippen molar-refractivity contribution in [3.05, 3.63) is 0 Å². The largest absolute Gasteiger partial charge is 0.330 e. The lowest BCUT2D eigenvalue weighted by molar-refractivity contribution is 0.0656. The third-order valence-corrected chi connectivity index (χ3v) is 1.71. The predicted octanol–water partition coefficient (Wildman–Crippen LogP) is 0.0762. The zero-order chi connectivity index (χ0) is 6.74. The molecule has 0 bridgehead atoms. The molecule has 0 spiro atoms. The molecule has 0 aromatic rings. The topological polar surface area (TPSA) is 50.4 Å². The van der Waals surface area contributed by atoms with Crippen LogP contribution in [0.5, 0.6) is 0 Å². The minimum Gasteiger partial charge on any atom is -0.275 e. The zero-order valence-corrected chi connectivity index (χ0v) is 6.07. The first-order valence-electron chi connectivity index (χ1n) is 2.78. The van der Waals surface area contributed by atoms with Crippen molar-refractivity contribution in [1.82, 2.24) is 10.6 Å². The lowest BCUT2D eigenvalue weighted by atomic mass is 10.5. The molecule has 4 nitrogen and oxygen atoms in total. The van der Waals surface area contributed by atoms with Gasteiger partial charge < -0.3 is 0 Å². The average molecular weight is 148 g/mol.